The van der Waals surface area contributed by atoms with E-state index in [4.69, 9.17) is 23.2 Å². The van der Waals surface area contributed by atoms with Crippen molar-refractivity contribution in [2.24, 2.45) is 11.3 Å². The number of unbranched alkanes of at least 4 members (excludes halogenated alkanes) is 1. The van der Waals surface area contributed by atoms with Crippen LogP contribution in [0.5, 0.6) is 0 Å². The van der Waals surface area contributed by atoms with Crippen molar-refractivity contribution in [3.8, 4) is 0 Å². The Labute approximate surface area is 93.0 Å². The highest BCUT2D eigenvalue weighted by Gasteiger charge is 2.28. The minimum absolute atomic E-state index is 0.188. The van der Waals surface area contributed by atoms with Crippen LogP contribution >= 0.6 is 23.2 Å². The molecule has 0 aromatic carbocycles. The molecule has 0 rings (SSSR count). The summed E-state index contributed by atoms with van der Waals surface area (Å²) in [5, 5.41) is 0. The Morgan fingerprint density at radius 1 is 1.15 bits per heavy atom. The zero-order chi connectivity index (χ0) is 10.3. The zero-order valence-electron chi connectivity index (χ0n) is 9.08. The first kappa shape index (κ1) is 13.6. The van der Waals surface area contributed by atoms with Crippen LogP contribution in [-0.4, -0.2) is 11.8 Å². The fourth-order valence-electron chi connectivity index (χ4n) is 1.80. The summed E-state index contributed by atoms with van der Waals surface area (Å²) in [6.45, 7) is 6.68. The molecule has 0 fully saturated rings. The number of halogens is 2. The first-order chi connectivity index (χ1) is 6.10. The smallest absolute Gasteiger partial charge is 0.0291 e. The van der Waals surface area contributed by atoms with Gasteiger partial charge in [0.1, 0.15) is 0 Å². The monoisotopic (exact) mass is 224 g/mol. The summed E-state index contributed by atoms with van der Waals surface area (Å²) in [5.74, 6) is 2.10. The summed E-state index contributed by atoms with van der Waals surface area (Å²) in [6, 6.07) is 0. The quantitative estimate of drug-likeness (QED) is 0.551. The van der Waals surface area contributed by atoms with Crippen molar-refractivity contribution >= 4 is 23.2 Å². The van der Waals surface area contributed by atoms with Crippen molar-refractivity contribution < 1.29 is 0 Å². The van der Waals surface area contributed by atoms with Crippen LogP contribution in [0.4, 0.5) is 0 Å². The van der Waals surface area contributed by atoms with Gasteiger partial charge in [-0.15, -0.1) is 23.2 Å². The highest BCUT2D eigenvalue weighted by atomic mass is 35.5. The van der Waals surface area contributed by atoms with Crippen molar-refractivity contribution in [1.82, 2.24) is 0 Å². The van der Waals surface area contributed by atoms with Crippen molar-refractivity contribution in [1.29, 1.82) is 0 Å². The number of alkyl halides is 2. The molecule has 0 radical (unpaired) electrons. The molecule has 0 aliphatic rings. The summed E-state index contributed by atoms with van der Waals surface area (Å²) in [5.41, 5.74) is 0.188. The van der Waals surface area contributed by atoms with Gasteiger partial charge in [0.05, 0.1) is 0 Å². The normalized spacial score (nSPS) is 12.5. The SMILES string of the molecule is CCCCC(CCl)(CCl)CC(C)C. The van der Waals surface area contributed by atoms with Gasteiger partial charge in [0.15, 0.2) is 0 Å². The average Bonchev–Trinajstić information content (AvgIpc) is 2.12. The number of hydrogen-bond donors (Lipinski definition) is 0. The third kappa shape index (κ3) is 5.12. The second-order valence-corrected chi connectivity index (χ2v) is 5.00. The van der Waals surface area contributed by atoms with Gasteiger partial charge in [0.2, 0.25) is 0 Å². The van der Waals surface area contributed by atoms with E-state index in [-0.39, 0.29) is 5.41 Å². The predicted octanol–water partition coefficient (Wildman–Crippen LogP) is 4.69. The Hall–Kier alpha value is 0.580. The predicted molar refractivity (Wildman–Crippen MR) is 62.9 cm³/mol. The van der Waals surface area contributed by atoms with E-state index in [9.17, 15) is 0 Å². The lowest BCUT2D eigenvalue weighted by Gasteiger charge is -2.31. The minimum atomic E-state index is 0.188. The Morgan fingerprint density at radius 3 is 2.00 bits per heavy atom. The minimum Gasteiger partial charge on any atom is -0.126 e. The Morgan fingerprint density at radius 2 is 1.69 bits per heavy atom. The largest absolute Gasteiger partial charge is 0.126 e. The first-order valence-electron chi connectivity index (χ1n) is 5.22. The van der Waals surface area contributed by atoms with Crippen LogP contribution in [0.2, 0.25) is 0 Å². The molecule has 0 aromatic heterocycles. The van der Waals surface area contributed by atoms with Gasteiger partial charge in [-0.05, 0) is 24.2 Å². The van der Waals surface area contributed by atoms with Crippen LogP contribution in [0.25, 0.3) is 0 Å². The molecular weight excluding hydrogens is 203 g/mol. The molecule has 0 N–H and O–H groups in total. The Kier molecular flexibility index (Phi) is 7.26. The van der Waals surface area contributed by atoms with E-state index in [0.29, 0.717) is 17.7 Å². The molecule has 0 aliphatic carbocycles. The van der Waals surface area contributed by atoms with Crippen LogP contribution in [0.1, 0.15) is 46.5 Å². The van der Waals surface area contributed by atoms with Gasteiger partial charge >= 0.3 is 0 Å². The van der Waals surface area contributed by atoms with E-state index in [0.717, 1.165) is 6.42 Å². The van der Waals surface area contributed by atoms with Gasteiger partial charge in [-0.1, -0.05) is 33.6 Å². The fourth-order valence-corrected chi connectivity index (χ4v) is 2.57. The lowest BCUT2D eigenvalue weighted by atomic mass is 9.79. The Bertz CT molecular complexity index is 117. The summed E-state index contributed by atoms with van der Waals surface area (Å²) in [4.78, 5) is 0. The van der Waals surface area contributed by atoms with E-state index >= 15 is 0 Å². The maximum atomic E-state index is 6.02. The molecule has 0 spiro atoms. The molecule has 2 heteroatoms. The highest BCUT2D eigenvalue weighted by molar-refractivity contribution is 6.21. The summed E-state index contributed by atoms with van der Waals surface area (Å²) < 4.78 is 0. The molecule has 0 nitrogen and oxygen atoms in total. The highest BCUT2D eigenvalue weighted by Crippen LogP contribution is 2.34. The van der Waals surface area contributed by atoms with Crippen molar-refractivity contribution in [2.45, 2.75) is 46.5 Å². The molecule has 13 heavy (non-hydrogen) atoms. The molecular formula is C11H22Cl2. The van der Waals surface area contributed by atoms with E-state index in [2.05, 4.69) is 20.8 Å². The molecule has 0 saturated carbocycles. The molecule has 0 atom stereocenters. The van der Waals surface area contributed by atoms with Gasteiger partial charge in [-0.25, -0.2) is 0 Å². The lowest BCUT2D eigenvalue weighted by Crippen LogP contribution is -2.27. The van der Waals surface area contributed by atoms with Crippen molar-refractivity contribution in [3.63, 3.8) is 0 Å². The third-order valence-electron chi connectivity index (χ3n) is 2.47. The molecule has 0 aliphatic heterocycles. The third-order valence-corrected chi connectivity index (χ3v) is 3.60. The second kappa shape index (κ2) is 6.95. The van der Waals surface area contributed by atoms with E-state index in [1.807, 2.05) is 0 Å². The van der Waals surface area contributed by atoms with E-state index in [1.54, 1.807) is 0 Å². The van der Waals surface area contributed by atoms with Gasteiger partial charge in [-0.2, -0.15) is 0 Å². The molecule has 0 amide bonds. The average molecular weight is 225 g/mol. The van der Waals surface area contributed by atoms with Gasteiger partial charge < -0.3 is 0 Å². The second-order valence-electron chi connectivity index (χ2n) is 4.47. The molecule has 0 saturated heterocycles. The molecule has 0 heterocycles. The van der Waals surface area contributed by atoms with E-state index in [1.165, 1.54) is 19.3 Å². The fraction of sp³-hybridized carbons (Fsp3) is 1.00. The number of rotatable bonds is 7. The molecule has 0 unspecified atom stereocenters. The first-order valence-corrected chi connectivity index (χ1v) is 6.29. The van der Waals surface area contributed by atoms with Crippen LogP contribution in [0, 0.1) is 11.3 Å². The van der Waals surface area contributed by atoms with Crippen LogP contribution in [-0.2, 0) is 0 Å². The molecule has 80 valence electrons. The lowest BCUT2D eigenvalue weighted by molar-refractivity contribution is 0.268. The number of hydrogen-bond acceptors (Lipinski definition) is 0. The maximum absolute atomic E-state index is 6.02. The van der Waals surface area contributed by atoms with Gasteiger partial charge in [0, 0.05) is 11.8 Å². The van der Waals surface area contributed by atoms with Gasteiger partial charge in [-0.3, -0.25) is 0 Å². The summed E-state index contributed by atoms with van der Waals surface area (Å²) in [6.07, 6.45) is 4.80. The maximum Gasteiger partial charge on any atom is 0.0291 e. The Balaban J connectivity index is 4.13. The van der Waals surface area contributed by atoms with Crippen LogP contribution in [0.3, 0.4) is 0 Å². The summed E-state index contributed by atoms with van der Waals surface area (Å²) in [7, 11) is 0. The van der Waals surface area contributed by atoms with Crippen molar-refractivity contribution in [3.05, 3.63) is 0 Å². The topological polar surface area (TPSA) is 0 Å². The molecule has 0 bridgehead atoms. The van der Waals surface area contributed by atoms with Gasteiger partial charge in [0.25, 0.3) is 0 Å². The van der Waals surface area contributed by atoms with Crippen LogP contribution in [0.15, 0.2) is 0 Å². The molecule has 0 aromatic rings. The zero-order valence-corrected chi connectivity index (χ0v) is 10.6. The van der Waals surface area contributed by atoms with Crippen LogP contribution < -0.4 is 0 Å². The van der Waals surface area contributed by atoms with E-state index < -0.39 is 0 Å². The standard InChI is InChI=1S/C11H22Cl2/c1-4-5-6-11(8-12,9-13)7-10(2)3/h10H,4-9H2,1-3H3. The summed E-state index contributed by atoms with van der Waals surface area (Å²) >= 11 is 12.0. The van der Waals surface area contributed by atoms with Crippen molar-refractivity contribution in [2.75, 3.05) is 11.8 Å².